The average molecular weight is 228 g/mol. The van der Waals surface area contributed by atoms with Gasteiger partial charge < -0.3 is 20.7 Å². The summed E-state index contributed by atoms with van der Waals surface area (Å²) in [5.74, 6) is -0.0832. The Morgan fingerprint density at radius 2 is 2.31 bits per heavy atom. The van der Waals surface area contributed by atoms with Crippen LogP contribution in [0.5, 0.6) is 0 Å². The molecule has 6 nitrogen and oxygen atoms in total. The number of amides is 1. The monoisotopic (exact) mass is 228 g/mol. The van der Waals surface area contributed by atoms with Crippen molar-refractivity contribution in [3.8, 4) is 0 Å². The van der Waals surface area contributed by atoms with Crippen LogP contribution in [-0.2, 0) is 4.79 Å². The summed E-state index contributed by atoms with van der Waals surface area (Å²) < 4.78 is 0. The maximum Gasteiger partial charge on any atom is 0.230 e. The van der Waals surface area contributed by atoms with Crippen LogP contribution in [0.3, 0.4) is 0 Å². The molecule has 0 aromatic carbocycles. The van der Waals surface area contributed by atoms with Gasteiger partial charge in [0.2, 0.25) is 5.91 Å². The highest BCUT2D eigenvalue weighted by atomic mass is 16.4. The number of oxime groups is 1. The maximum absolute atomic E-state index is 11.8. The van der Waals surface area contributed by atoms with E-state index in [0.29, 0.717) is 0 Å². The highest BCUT2D eigenvalue weighted by molar-refractivity contribution is 5.98. The third kappa shape index (κ3) is 3.37. The SMILES string of the molecule is CN(C)CC1CCCN1C(=O)CC(N)=NO. The van der Waals surface area contributed by atoms with E-state index in [1.807, 2.05) is 19.0 Å². The zero-order chi connectivity index (χ0) is 12.1. The van der Waals surface area contributed by atoms with Crippen LogP contribution in [0.4, 0.5) is 0 Å². The standard InChI is InChI=1S/C10H20N4O2/c1-13(2)7-8-4-3-5-14(8)10(15)6-9(11)12-16/h8,16H,3-7H2,1-2H3,(H2,11,12). The van der Waals surface area contributed by atoms with Crippen LogP contribution in [0.25, 0.3) is 0 Å². The van der Waals surface area contributed by atoms with Gasteiger partial charge in [-0.15, -0.1) is 0 Å². The van der Waals surface area contributed by atoms with Gasteiger partial charge in [-0.3, -0.25) is 4.79 Å². The molecule has 92 valence electrons. The molecule has 6 heteroatoms. The molecular formula is C10H20N4O2. The van der Waals surface area contributed by atoms with Crippen LogP contribution in [0.2, 0.25) is 0 Å². The number of carbonyl (C=O) groups excluding carboxylic acids is 1. The van der Waals surface area contributed by atoms with E-state index in [-0.39, 0.29) is 24.2 Å². The molecule has 0 aliphatic carbocycles. The lowest BCUT2D eigenvalue weighted by atomic mass is 10.2. The van der Waals surface area contributed by atoms with Crippen LogP contribution >= 0.6 is 0 Å². The van der Waals surface area contributed by atoms with E-state index in [2.05, 4.69) is 10.1 Å². The zero-order valence-corrected chi connectivity index (χ0v) is 9.89. The van der Waals surface area contributed by atoms with E-state index in [1.54, 1.807) is 0 Å². The summed E-state index contributed by atoms with van der Waals surface area (Å²) in [6.07, 6.45) is 2.06. The molecule has 0 radical (unpaired) electrons. The van der Waals surface area contributed by atoms with Crippen molar-refractivity contribution in [1.82, 2.24) is 9.80 Å². The van der Waals surface area contributed by atoms with Gasteiger partial charge in [0.05, 0.1) is 6.42 Å². The molecular weight excluding hydrogens is 208 g/mol. The molecule has 0 saturated carbocycles. The van der Waals surface area contributed by atoms with Gasteiger partial charge in [0.15, 0.2) is 0 Å². The van der Waals surface area contributed by atoms with Gasteiger partial charge in [-0.1, -0.05) is 5.16 Å². The quantitative estimate of drug-likeness (QED) is 0.299. The molecule has 0 aromatic rings. The van der Waals surface area contributed by atoms with Crippen LogP contribution in [0, 0.1) is 0 Å². The predicted octanol–water partition coefficient (Wildman–Crippen LogP) is -0.324. The Labute approximate surface area is 95.7 Å². The summed E-state index contributed by atoms with van der Waals surface area (Å²) in [5.41, 5.74) is 5.33. The van der Waals surface area contributed by atoms with Crippen LogP contribution in [-0.4, -0.2) is 60.0 Å². The van der Waals surface area contributed by atoms with Gasteiger partial charge >= 0.3 is 0 Å². The second kappa shape index (κ2) is 5.69. The predicted molar refractivity (Wildman–Crippen MR) is 61.3 cm³/mol. The molecule has 0 spiro atoms. The third-order valence-electron chi connectivity index (χ3n) is 2.73. The van der Waals surface area contributed by atoms with Gasteiger partial charge in [0.25, 0.3) is 0 Å². The Balaban J connectivity index is 2.54. The smallest absolute Gasteiger partial charge is 0.230 e. The van der Waals surface area contributed by atoms with E-state index in [9.17, 15) is 4.79 Å². The number of hydrogen-bond donors (Lipinski definition) is 2. The summed E-state index contributed by atoms with van der Waals surface area (Å²) in [7, 11) is 3.98. The van der Waals surface area contributed by atoms with Gasteiger partial charge in [-0.2, -0.15) is 0 Å². The van der Waals surface area contributed by atoms with Gasteiger partial charge in [-0.25, -0.2) is 0 Å². The number of hydrogen-bond acceptors (Lipinski definition) is 4. The summed E-state index contributed by atoms with van der Waals surface area (Å²) in [5, 5.41) is 11.2. The molecule has 1 aliphatic rings. The van der Waals surface area contributed by atoms with Crippen molar-refractivity contribution in [3.63, 3.8) is 0 Å². The number of likely N-dealkylation sites (tertiary alicyclic amines) is 1. The Bertz CT molecular complexity index is 278. The molecule has 16 heavy (non-hydrogen) atoms. The van der Waals surface area contributed by atoms with Gasteiger partial charge in [0.1, 0.15) is 5.84 Å². The van der Waals surface area contributed by atoms with Gasteiger partial charge in [0, 0.05) is 19.1 Å². The molecule has 1 unspecified atom stereocenters. The second-order valence-electron chi connectivity index (χ2n) is 4.41. The van der Waals surface area contributed by atoms with Crippen molar-refractivity contribution >= 4 is 11.7 Å². The minimum Gasteiger partial charge on any atom is -0.409 e. The van der Waals surface area contributed by atoms with E-state index < -0.39 is 0 Å². The molecule has 1 fully saturated rings. The minimum absolute atomic E-state index is 0.000425. The normalized spacial score (nSPS) is 21.8. The lowest BCUT2D eigenvalue weighted by Gasteiger charge is -2.27. The summed E-state index contributed by atoms with van der Waals surface area (Å²) >= 11 is 0. The van der Waals surface area contributed by atoms with Crippen molar-refractivity contribution < 1.29 is 10.0 Å². The first kappa shape index (κ1) is 12.8. The fourth-order valence-electron chi connectivity index (χ4n) is 2.07. The van der Waals surface area contributed by atoms with Crippen LogP contribution in [0.15, 0.2) is 5.16 Å². The zero-order valence-electron chi connectivity index (χ0n) is 9.89. The number of likely N-dealkylation sites (N-methyl/N-ethyl adjacent to an activating group) is 1. The molecule has 1 amide bonds. The minimum atomic E-state index is -0.0559. The molecule has 1 atom stereocenters. The third-order valence-corrected chi connectivity index (χ3v) is 2.73. The highest BCUT2D eigenvalue weighted by Gasteiger charge is 2.29. The van der Waals surface area contributed by atoms with E-state index in [4.69, 9.17) is 10.9 Å². The van der Waals surface area contributed by atoms with Crippen molar-refractivity contribution in [2.75, 3.05) is 27.2 Å². The Hall–Kier alpha value is -1.30. The summed E-state index contributed by atoms with van der Waals surface area (Å²) in [6, 6.07) is 0.258. The van der Waals surface area contributed by atoms with E-state index >= 15 is 0 Å². The molecule has 1 rings (SSSR count). The largest absolute Gasteiger partial charge is 0.409 e. The number of carbonyl (C=O) groups is 1. The van der Waals surface area contributed by atoms with Crippen LogP contribution < -0.4 is 5.73 Å². The van der Waals surface area contributed by atoms with Crippen molar-refractivity contribution in [1.29, 1.82) is 0 Å². The Morgan fingerprint density at radius 3 is 2.88 bits per heavy atom. The second-order valence-corrected chi connectivity index (χ2v) is 4.41. The number of nitrogens with two attached hydrogens (primary N) is 1. The molecule has 1 heterocycles. The maximum atomic E-state index is 11.8. The van der Waals surface area contributed by atoms with Crippen molar-refractivity contribution in [2.45, 2.75) is 25.3 Å². The number of rotatable bonds is 4. The fraction of sp³-hybridized carbons (Fsp3) is 0.800. The molecule has 3 N–H and O–H groups in total. The first-order chi connectivity index (χ1) is 7.54. The average Bonchev–Trinajstić information content (AvgIpc) is 2.64. The number of nitrogens with zero attached hydrogens (tertiary/aromatic N) is 3. The molecule has 0 aromatic heterocycles. The van der Waals surface area contributed by atoms with Crippen LogP contribution in [0.1, 0.15) is 19.3 Å². The Kier molecular flexibility index (Phi) is 4.54. The van der Waals surface area contributed by atoms with E-state index in [1.165, 1.54) is 0 Å². The summed E-state index contributed by atoms with van der Waals surface area (Å²) in [4.78, 5) is 15.7. The highest BCUT2D eigenvalue weighted by Crippen LogP contribution is 2.18. The first-order valence-electron chi connectivity index (χ1n) is 5.45. The van der Waals surface area contributed by atoms with Gasteiger partial charge in [-0.05, 0) is 26.9 Å². The topological polar surface area (TPSA) is 82.2 Å². The lowest BCUT2D eigenvalue weighted by Crippen LogP contribution is -2.42. The fourth-order valence-corrected chi connectivity index (χ4v) is 2.07. The number of amidine groups is 1. The molecule has 1 aliphatic heterocycles. The molecule has 0 bridgehead atoms. The van der Waals surface area contributed by atoms with Crippen molar-refractivity contribution in [2.24, 2.45) is 10.9 Å². The Morgan fingerprint density at radius 1 is 1.62 bits per heavy atom. The summed E-state index contributed by atoms with van der Waals surface area (Å²) in [6.45, 7) is 1.64. The lowest BCUT2D eigenvalue weighted by molar-refractivity contribution is -0.130. The molecule has 1 saturated heterocycles. The van der Waals surface area contributed by atoms with E-state index in [0.717, 1.165) is 25.9 Å². The first-order valence-corrected chi connectivity index (χ1v) is 5.45. The van der Waals surface area contributed by atoms with Crippen molar-refractivity contribution in [3.05, 3.63) is 0 Å².